The van der Waals surface area contributed by atoms with E-state index in [0.29, 0.717) is 0 Å². The highest BCUT2D eigenvalue weighted by atomic mass is 79.9. The van der Waals surface area contributed by atoms with Crippen molar-refractivity contribution < 1.29 is 4.79 Å². The van der Waals surface area contributed by atoms with Crippen LogP contribution >= 0.6 is 15.9 Å². The van der Waals surface area contributed by atoms with E-state index in [1.165, 1.54) is 0 Å². The lowest BCUT2D eigenvalue weighted by molar-refractivity contribution is -0.122. The van der Waals surface area contributed by atoms with Gasteiger partial charge in [0, 0.05) is 10.2 Å². The third-order valence-corrected chi connectivity index (χ3v) is 4.00. The van der Waals surface area contributed by atoms with Crippen molar-refractivity contribution in [3.63, 3.8) is 0 Å². The second kappa shape index (κ2) is 5.90. The molecular formula is C17H19BrN2O. The fourth-order valence-electron chi connectivity index (χ4n) is 2.39. The maximum absolute atomic E-state index is 12.1. The largest absolute Gasteiger partial charge is 0.368 e. The standard InChI is InChI=1S/C17H19BrN2O/c1-11-7-12(2)9-13(8-11)17(3,16(19)21)20-15-6-4-5-14(18)10-15/h4-10,20H,1-3H3,(H2,19,21). The highest BCUT2D eigenvalue weighted by Crippen LogP contribution is 2.28. The number of amides is 1. The quantitative estimate of drug-likeness (QED) is 0.882. The molecule has 1 atom stereocenters. The second-order valence-corrected chi connectivity index (χ2v) is 6.42. The molecule has 0 saturated carbocycles. The van der Waals surface area contributed by atoms with Gasteiger partial charge in [0.05, 0.1) is 0 Å². The lowest BCUT2D eigenvalue weighted by atomic mass is 9.88. The number of anilines is 1. The average Bonchev–Trinajstić information content (AvgIpc) is 2.37. The van der Waals surface area contributed by atoms with Crippen LogP contribution in [0.25, 0.3) is 0 Å². The highest BCUT2D eigenvalue weighted by molar-refractivity contribution is 9.10. The van der Waals surface area contributed by atoms with Crippen molar-refractivity contribution in [3.8, 4) is 0 Å². The number of hydrogen-bond acceptors (Lipinski definition) is 2. The minimum Gasteiger partial charge on any atom is -0.368 e. The number of carbonyl (C=O) groups is 1. The van der Waals surface area contributed by atoms with Gasteiger partial charge in [-0.05, 0) is 44.5 Å². The molecule has 2 aromatic rings. The number of aryl methyl sites for hydroxylation is 2. The van der Waals surface area contributed by atoms with Crippen molar-refractivity contribution in [2.24, 2.45) is 5.73 Å². The fraction of sp³-hybridized carbons (Fsp3) is 0.235. The first-order valence-electron chi connectivity index (χ1n) is 6.74. The molecule has 0 aliphatic rings. The molecule has 0 aliphatic carbocycles. The van der Waals surface area contributed by atoms with Gasteiger partial charge in [-0.2, -0.15) is 0 Å². The first-order chi connectivity index (χ1) is 9.81. The molecule has 1 unspecified atom stereocenters. The van der Waals surface area contributed by atoms with E-state index < -0.39 is 11.4 Å². The second-order valence-electron chi connectivity index (χ2n) is 5.50. The Morgan fingerprint density at radius 1 is 1.14 bits per heavy atom. The number of halogens is 1. The first-order valence-corrected chi connectivity index (χ1v) is 7.53. The summed E-state index contributed by atoms with van der Waals surface area (Å²) in [7, 11) is 0. The van der Waals surface area contributed by atoms with Gasteiger partial charge in [0.15, 0.2) is 0 Å². The summed E-state index contributed by atoms with van der Waals surface area (Å²) >= 11 is 3.43. The zero-order valence-corrected chi connectivity index (χ0v) is 14.0. The third kappa shape index (κ3) is 3.45. The molecule has 0 bridgehead atoms. The van der Waals surface area contributed by atoms with Gasteiger partial charge in [-0.15, -0.1) is 0 Å². The molecule has 0 aliphatic heterocycles. The topological polar surface area (TPSA) is 55.1 Å². The van der Waals surface area contributed by atoms with Crippen LogP contribution in [0.5, 0.6) is 0 Å². The van der Waals surface area contributed by atoms with Crippen LogP contribution in [0, 0.1) is 13.8 Å². The van der Waals surface area contributed by atoms with E-state index in [4.69, 9.17) is 5.73 Å². The maximum atomic E-state index is 12.1. The summed E-state index contributed by atoms with van der Waals surface area (Å²) in [6, 6.07) is 13.7. The normalized spacial score (nSPS) is 13.5. The molecule has 2 aromatic carbocycles. The van der Waals surface area contributed by atoms with Crippen LogP contribution in [-0.4, -0.2) is 5.91 Å². The van der Waals surface area contributed by atoms with Crippen molar-refractivity contribution >= 4 is 27.5 Å². The molecule has 3 nitrogen and oxygen atoms in total. The van der Waals surface area contributed by atoms with Crippen LogP contribution in [0.2, 0.25) is 0 Å². The van der Waals surface area contributed by atoms with E-state index in [-0.39, 0.29) is 0 Å². The van der Waals surface area contributed by atoms with Crippen molar-refractivity contribution in [1.82, 2.24) is 0 Å². The summed E-state index contributed by atoms with van der Waals surface area (Å²) in [4.78, 5) is 12.1. The van der Waals surface area contributed by atoms with E-state index in [9.17, 15) is 4.79 Å². The molecule has 1 amide bonds. The van der Waals surface area contributed by atoms with Gasteiger partial charge in [-0.3, -0.25) is 4.79 Å². The SMILES string of the molecule is Cc1cc(C)cc(C(C)(Nc2cccc(Br)c2)C(N)=O)c1. The Hall–Kier alpha value is -1.81. The molecule has 3 N–H and O–H groups in total. The first kappa shape index (κ1) is 15.6. The zero-order chi connectivity index (χ0) is 15.6. The van der Waals surface area contributed by atoms with Crippen LogP contribution < -0.4 is 11.1 Å². The van der Waals surface area contributed by atoms with Crippen LogP contribution in [-0.2, 0) is 10.3 Å². The molecular weight excluding hydrogens is 328 g/mol. The van der Waals surface area contributed by atoms with Gasteiger partial charge in [0.25, 0.3) is 0 Å². The van der Waals surface area contributed by atoms with Gasteiger partial charge in [-0.1, -0.05) is 51.3 Å². The molecule has 0 fully saturated rings. The Morgan fingerprint density at radius 2 is 1.76 bits per heavy atom. The van der Waals surface area contributed by atoms with Crippen LogP contribution in [0.3, 0.4) is 0 Å². The van der Waals surface area contributed by atoms with Crippen LogP contribution in [0.1, 0.15) is 23.6 Å². The van der Waals surface area contributed by atoms with Gasteiger partial charge in [0.1, 0.15) is 5.54 Å². The lowest BCUT2D eigenvalue weighted by Gasteiger charge is -2.30. The molecule has 4 heteroatoms. The predicted molar refractivity (Wildman–Crippen MR) is 90.2 cm³/mol. The number of rotatable bonds is 4. The van der Waals surface area contributed by atoms with Crippen molar-refractivity contribution in [3.05, 3.63) is 63.6 Å². The van der Waals surface area contributed by atoms with Crippen molar-refractivity contribution in [2.45, 2.75) is 26.3 Å². The third-order valence-electron chi connectivity index (χ3n) is 3.51. The van der Waals surface area contributed by atoms with Crippen LogP contribution in [0.15, 0.2) is 46.9 Å². The van der Waals surface area contributed by atoms with Crippen molar-refractivity contribution in [1.29, 1.82) is 0 Å². The lowest BCUT2D eigenvalue weighted by Crippen LogP contribution is -2.45. The number of carbonyl (C=O) groups excluding carboxylic acids is 1. The van der Waals surface area contributed by atoms with E-state index in [0.717, 1.165) is 26.9 Å². The Kier molecular flexibility index (Phi) is 4.37. The summed E-state index contributed by atoms with van der Waals surface area (Å²) < 4.78 is 0.944. The maximum Gasteiger partial charge on any atom is 0.247 e. The number of primary amides is 1. The highest BCUT2D eigenvalue weighted by Gasteiger charge is 2.33. The Balaban J connectivity index is 2.47. The van der Waals surface area contributed by atoms with Gasteiger partial charge < -0.3 is 11.1 Å². The smallest absolute Gasteiger partial charge is 0.247 e. The summed E-state index contributed by atoms with van der Waals surface area (Å²) in [6.07, 6.45) is 0. The molecule has 0 radical (unpaired) electrons. The monoisotopic (exact) mass is 346 g/mol. The Labute approximate surface area is 133 Å². The molecule has 21 heavy (non-hydrogen) atoms. The molecule has 0 spiro atoms. The molecule has 110 valence electrons. The number of nitrogens with two attached hydrogens (primary N) is 1. The van der Waals surface area contributed by atoms with E-state index in [2.05, 4.69) is 27.3 Å². The summed E-state index contributed by atoms with van der Waals surface area (Å²) in [5.41, 5.74) is 8.63. The predicted octanol–water partition coefficient (Wildman–Crippen LogP) is 3.88. The molecule has 0 aromatic heterocycles. The molecule has 0 saturated heterocycles. The fourth-order valence-corrected chi connectivity index (χ4v) is 2.79. The van der Waals surface area contributed by atoms with E-state index >= 15 is 0 Å². The van der Waals surface area contributed by atoms with E-state index in [1.807, 2.05) is 57.2 Å². The van der Waals surface area contributed by atoms with Crippen LogP contribution in [0.4, 0.5) is 5.69 Å². The zero-order valence-electron chi connectivity index (χ0n) is 12.4. The molecule has 2 rings (SSSR count). The van der Waals surface area contributed by atoms with Crippen molar-refractivity contribution in [2.75, 3.05) is 5.32 Å². The molecule has 0 heterocycles. The minimum atomic E-state index is -0.961. The van der Waals surface area contributed by atoms with Gasteiger partial charge in [0.2, 0.25) is 5.91 Å². The van der Waals surface area contributed by atoms with Gasteiger partial charge in [-0.25, -0.2) is 0 Å². The Bertz CT molecular complexity index is 664. The average molecular weight is 347 g/mol. The summed E-state index contributed by atoms with van der Waals surface area (Å²) in [6.45, 7) is 5.83. The number of nitrogens with one attached hydrogen (secondary N) is 1. The minimum absolute atomic E-state index is 0.410. The summed E-state index contributed by atoms with van der Waals surface area (Å²) in [5, 5.41) is 3.26. The summed E-state index contributed by atoms with van der Waals surface area (Å²) in [5.74, 6) is -0.410. The number of benzene rings is 2. The van der Waals surface area contributed by atoms with E-state index in [1.54, 1.807) is 0 Å². The van der Waals surface area contributed by atoms with Gasteiger partial charge >= 0.3 is 0 Å². The number of hydrogen-bond donors (Lipinski definition) is 2. The Morgan fingerprint density at radius 3 is 2.29 bits per heavy atom.